The van der Waals surface area contributed by atoms with Crippen molar-refractivity contribution in [2.75, 3.05) is 30.4 Å². The topological polar surface area (TPSA) is 102 Å². The highest BCUT2D eigenvalue weighted by Crippen LogP contribution is 2.31. The van der Waals surface area contributed by atoms with Crippen LogP contribution in [0.1, 0.15) is 27.2 Å². The minimum atomic E-state index is -3.44. The second-order valence-corrected chi connectivity index (χ2v) is 8.20. The SMILES string of the molecule is CC(C)(C)n1nc(NC2CCNC2)c(S(C)(=O)=O)c1N. The highest BCUT2D eigenvalue weighted by atomic mass is 32.2. The van der Waals surface area contributed by atoms with Gasteiger partial charge < -0.3 is 16.4 Å². The third-order valence-electron chi connectivity index (χ3n) is 3.28. The van der Waals surface area contributed by atoms with Crippen molar-refractivity contribution in [1.29, 1.82) is 0 Å². The first-order chi connectivity index (χ1) is 9.10. The quantitative estimate of drug-likeness (QED) is 0.747. The molecule has 7 nitrogen and oxygen atoms in total. The molecule has 0 spiro atoms. The average Bonchev–Trinajstić information content (AvgIpc) is 2.84. The zero-order chi connectivity index (χ0) is 15.1. The van der Waals surface area contributed by atoms with Gasteiger partial charge in [0.15, 0.2) is 20.6 Å². The number of rotatable bonds is 3. The van der Waals surface area contributed by atoms with Crippen molar-refractivity contribution in [2.45, 2.75) is 43.7 Å². The number of hydrogen-bond acceptors (Lipinski definition) is 6. The van der Waals surface area contributed by atoms with E-state index >= 15 is 0 Å². The number of nitrogens with zero attached hydrogens (tertiary/aromatic N) is 2. The normalized spacial score (nSPS) is 20.3. The second kappa shape index (κ2) is 4.92. The first-order valence-corrected chi connectivity index (χ1v) is 8.56. The minimum Gasteiger partial charge on any atom is -0.383 e. The molecule has 1 saturated heterocycles. The summed E-state index contributed by atoms with van der Waals surface area (Å²) in [6.45, 7) is 7.52. The van der Waals surface area contributed by atoms with Gasteiger partial charge in [-0.25, -0.2) is 13.1 Å². The number of sulfone groups is 1. The van der Waals surface area contributed by atoms with Crippen LogP contribution in [0.4, 0.5) is 11.6 Å². The van der Waals surface area contributed by atoms with Crippen LogP contribution in [0.3, 0.4) is 0 Å². The summed E-state index contributed by atoms with van der Waals surface area (Å²) in [7, 11) is -3.44. The molecule has 1 fully saturated rings. The summed E-state index contributed by atoms with van der Waals surface area (Å²) in [5.74, 6) is 0.544. The van der Waals surface area contributed by atoms with Crippen LogP contribution < -0.4 is 16.4 Å². The molecule has 0 radical (unpaired) electrons. The summed E-state index contributed by atoms with van der Waals surface area (Å²) in [4.78, 5) is 0.0966. The van der Waals surface area contributed by atoms with Crippen LogP contribution in [0.5, 0.6) is 0 Å². The Labute approximate surface area is 119 Å². The molecule has 1 unspecified atom stereocenters. The van der Waals surface area contributed by atoms with Crippen LogP contribution in [-0.2, 0) is 15.4 Å². The van der Waals surface area contributed by atoms with Crippen LogP contribution in [0.2, 0.25) is 0 Å². The van der Waals surface area contributed by atoms with E-state index in [1.54, 1.807) is 4.68 Å². The molecule has 0 aliphatic carbocycles. The van der Waals surface area contributed by atoms with Crippen LogP contribution in [0, 0.1) is 0 Å². The van der Waals surface area contributed by atoms with E-state index in [4.69, 9.17) is 5.73 Å². The van der Waals surface area contributed by atoms with E-state index in [1.807, 2.05) is 20.8 Å². The van der Waals surface area contributed by atoms with Gasteiger partial charge in [-0.05, 0) is 33.7 Å². The molecular weight excluding hydrogens is 278 g/mol. The Hall–Kier alpha value is -1.28. The molecule has 2 heterocycles. The van der Waals surface area contributed by atoms with Gasteiger partial charge in [0.05, 0.1) is 5.54 Å². The van der Waals surface area contributed by atoms with Gasteiger partial charge in [-0.1, -0.05) is 0 Å². The van der Waals surface area contributed by atoms with E-state index in [9.17, 15) is 8.42 Å². The largest absolute Gasteiger partial charge is 0.383 e. The number of nitrogen functional groups attached to an aromatic ring is 1. The Bertz CT molecular complexity index is 594. The molecule has 2 rings (SSSR count). The molecule has 4 N–H and O–H groups in total. The average molecular weight is 301 g/mol. The molecule has 0 bridgehead atoms. The molecular formula is C12H23N5O2S. The molecule has 0 aromatic carbocycles. The summed E-state index contributed by atoms with van der Waals surface area (Å²) in [6.07, 6.45) is 2.09. The number of nitrogens with two attached hydrogens (primary N) is 1. The van der Waals surface area contributed by atoms with Crippen molar-refractivity contribution in [3.05, 3.63) is 0 Å². The van der Waals surface area contributed by atoms with Crippen molar-refractivity contribution >= 4 is 21.5 Å². The molecule has 1 aliphatic heterocycles. The molecule has 1 atom stereocenters. The van der Waals surface area contributed by atoms with Crippen LogP contribution in [0.25, 0.3) is 0 Å². The predicted molar refractivity (Wildman–Crippen MR) is 79.6 cm³/mol. The molecule has 1 aliphatic rings. The summed E-state index contributed by atoms with van der Waals surface area (Å²) < 4.78 is 25.6. The molecule has 0 saturated carbocycles. The lowest BCUT2D eigenvalue weighted by Gasteiger charge is -2.20. The zero-order valence-electron chi connectivity index (χ0n) is 12.4. The van der Waals surface area contributed by atoms with Crippen molar-refractivity contribution in [2.24, 2.45) is 0 Å². The van der Waals surface area contributed by atoms with Gasteiger partial charge in [-0.2, -0.15) is 5.10 Å². The van der Waals surface area contributed by atoms with Gasteiger partial charge in [-0.15, -0.1) is 0 Å². The lowest BCUT2D eigenvalue weighted by Crippen LogP contribution is -2.26. The number of aromatic nitrogens is 2. The van der Waals surface area contributed by atoms with Gasteiger partial charge >= 0.3 is 0 Å². The second-order valence-electron chi connectivity index (χ2n) is 6.25. The van der Waals surface area contributed by atoms with E-state index in [0.29, 0.717) is 5.82 Å². The standard InChI is InChI=1S/C12H23N5O2S/c1-12(2,3)17-10(13)9(20(4,18)19)11(16-17)15-8-5-6-14-7-8/h8,14H,5-7,13H2,1-4H3,(H,15,16). The molecule has 114 valence electrons. The Balaban J connectivity index is 2.48. The first-order valence-electron chi connectivity index (χ1n) is 6.67. The third-order valence-corrected chi connectivity index (χ3v) is 4.43. The number of hydrogen-bond donors (Lipinski definition) is 3. The van der Waals surface area contributed by atoms with Crippen molar-refractivity contribution in [1.82, 2.24) is 15.1 Å². The minimum absolute atomic E-state index is 0.0966. The van der Waals surface area contributed by atoms with Gasteiger partial charge in [0.25, 0.3) is 0 Å². The lowest BCUT2D eigenvalue weighted by atomic mass is 10.1. The first kappa shape index (κ1) is 15.1. The predicted octanol–water partition coefficient (Wildman–Crippen LogP) is 0.398. The Morgan fingerprint density at radius 1 is 1.45 bits per heavy atom. The monoisotopic (exact) mass is 301 g/mol. The lowest BCUT2D eigenvalue weighted by molar-refractivity contribution is 0.362. The van der Waals surface area contributed by atoms with Gasteiger partial charge in [0, 0.05) is 18.8 Å². The van der Waals surface area contributed by atoms with Crippen LogP contribution in [0.15, 0.2) is 4.90 Å². The summed E-state index contributed by atoms with van der Waals surface area (Å²) in [6, 6.07) is 0.179. The fourth-order valence-electron chi connectivity index (χ4n) is 2.36. The highest BCUT2D eigenvalue weighted by Gasteiger charge is 2.30. The zero-order valence-corrected chi connectivity index (χ0v) is 13.2. The fourth-order valence-corrected chi connectivity index (χ4v) is 3.28. The number of anilines is 2. The van der Waals surface area contributed by atoms with Gasteiger partial charge in [-0.3, -0.25) is 0 Å². The van der Waals surface area contributed by atoms with E-state index in [-0.39, 0.29) is 22.3 Å². The highest BCUT2D eigenvalue weighted by molar-refractivity contribution is 7.91. The molecule has 1 aromatic rings. The van der Waals surface area contributed by atoms with Crippen molar-refractivity contribution < 1.29 is 8.42 Å². The smallest absolute Gasteiger partial charge is 0.182 e. The molecule has 1 aromatic heterocycles. The summed E-state index contributed by atoms with van der Waals surface area (Å²) in [5, 5.41) is 10.8. The summed E-state index contributed by atoms with van der Waals surface area (Å²) >= 11 is 0. The van der Waals surface area contributed by atoms with E-state index in [1.165, 1.54) is 0 Å². The van der Waals surface area contributed by atoms with Crippen LogP contribution in [-0.4, -0.2) is 43.6 Å². The summed E-state index contributed by atoms with van der Waals surface area (Å²) in [5.41, 5.74) is 5.64. The van der Waals surface area contributed by atoms with E-state index in [0.717, 1.165) is 25.8 Å². The van der Waals surface area contributed by atoms with E-state index in [2.05, 4.69) is 15.7 Å². The third kappa shape index (κ3) is 2.90. The Kier molecular flexibility index (Phi) is 3.72. The van der Waals surface area contributed by atoms with Crippen LogP contribution >= 0.6 is 0 Å². The Morgan fingerprint density at radius 3 is 2.55 bits per heavy atom. The maximum atomic E-state index is 12.0. The fraction of sp³-hybridized carbons (Fsp3) is 0.750. The maximum Gasteiger partial charge on any atom is 0.182 e. The van der Waals surface area contributed by atoms with Gasteiger partial charge in [0.2, 0.25) is 0 Å². The van der Waals surface area contributed by atoms with Crippen molar-refractivity contribution in [3.8, 4) is 0 Å². The molecule has 0 amide bonds. The molecule has 8 heteroatoms. The van der Waals surface area contributed by atoms with Crippen molar-refractivity contribution in [3.63, 3.8) is 0 Å². The van der Waals surface area contributed by atoms with Gasteiger partial charge in [0.1, 0.15) is 5.82 Å². The number of nitrogens with one attached hydrogen (secondary N) is 2. The van der Waals surface area contributed by atoms with E-state index < -0.39 is 9.84 Å². The molecule has 20 heavy (non-hydrogen) atoms. The maximum absolute atomic E-state index is 12.0. The Morgan fingerprint density at radius 2 is 2.10 bits per heavy atom.